The minimum absolute atomic E-state index is 0.457. The summed E-state index contributed by atoms with van der Waals surface area (Å²) in [4.78, 5) is 0. The molecule has 1 aromatic carbocycles. The minimum atomic E-state index is 0.457. The standard InChI is InChI=1S/C15H17BrN2O/c1-10-6-5-9-12(13(10)16)15-18-17-14(19-15)11-7-3-2-4-8-11/h5-6,9,11H,2-4,7-8H2,1H3. The van der Waals surface area contributed by atoms with Crippen LogP contribution in [0.3, 0.4) is 0 Å². The zero-order valence-corrected chi connectivity index (χ0v) is 12.6. The van der Waals surface area contributed by atoms with Crippen molar-refractivity contribution in [1.29, 1.82) is 0 Å². The van der Waals surface area contributed by atoms with E-state index in [9.17, 15) is 0 Å². The first-order valence-corrected chi connectivity index (χ1v) is 7.64. The van der Waals surface area contributed by atoms with Crippen LogP contribution in [-0.2, 0) is 0 Å². The first-order chi connectivity index (χ1) is 9.25. The molecule has 19 heavy (non-hydrogen) atoms. The van der Waals surface area contributed by atoms with Crippen molar-refractivity contribution >= 4 is 15.9 Å². The molecule has 0 atom stereocenters. The molecule has 0 unspecified atom stereocenters. The van der Waals surface area contributed by atoms with Crippen LogP contribution in [0.25, 0.3) is 11.5 Å². The van der Waals surface area contributed by atoms with Crippen molar-refractivity contribution in [3.63, 3.8) is 0 Å². The highest BCUT2D eigenvalue weighted by molar-refractivity contribution is 9.10. The second-order valence-corrected chi connectivity index (χ2v) is 6.01. The number of aromatic nitrogens is 2. The molecular formula is C15H17BrN2O. The predicted octanol–water partition coefficient (Wildman–Crippen LogP) is 4.86. The molecule has 1 saturated carbocycles. The Hall–Kier alpha value is -1.16. The number of benzene rings is 1. The van der Waals surface area contributed by atoms with Crippen molar-refractivity contribution in [2.24, 2.45) is 0 Å². The van der Waals surface area contributed by atoms with Crippen LogP contribution in [0.1, 0.15) is 49.5 Å². The average molecular weight is 321 g/mol. The van der Waals surface area contributed by atoms with Gasteiger partial charge in [-0.25, -0.2) is 0 Å². The second-order valence-electron chi connectivity index (χ2n) is 5.22. The van der Waals surface area contributed by atoms with E-state index in [0.29, 0.717) is 11.8 Å². The molecule has 1 heterocycles. The normalized spacial score (nSPS) is 16.7. The van der Waals surface area contributed by atoms with Crippen LogP contribution in [0.4, 0.5) is 0 Å². The van der Waals surface area contributed by atoms with E-state index in [0.717, 1.165) is 15.9 Å². The number of nitrogens with zero attached hydrogens (tertiary/aromatic N) is 2. The Kier molecular flexibility index (Phi) is 3.69. The molecule has 100 valence electrons. The topological polar surface area (TPSA) is 38.9 Å². The molecule has 0 bridgehead atoms. The Balaban J connectivity index is 1.90. The summed E-state index contributed by atoms with van der Waals surface area (Å²) < 4.78 is 6.93. The van der Waals surface area contributed by atoms with Crippen LogP contribution in [-0.4, -0.2) is 10.2 Å². The van der Waals surface area contributed by atoms with E-state index in [1.807, 2.05) is 12.1 Å². The van der Waals surface area contributed by atoms with E-state index < -0.39 is 0 Å². The van der Waals surface area contributed by atoms with E-state index in [2.05, 4.69) is 39.1 Å². The first-order valence-electron chi connectivity index (χ1n) is 6.84. The lowest BCUT2D eigenvalue weighted by Gasteiger charge is -2.17. The van der Waals surface area contributed by atoms with Crippen LogP contribution in [0.15, 0.2) is 27.1 Å². The Bertz CT molecular complexity index is 573. The molecule has 1 aliphatic carbocycles. The molecule has 3 nitrogen and oxygen atoms in total. The third-order valence-corrected chi connectivity index (χ3v) is 4.87. The van der Waals surface area contributed by atoms with Gasteiger partial charge in [0, 0.05) is 10.4 Å². The van der Waals surface area contributed by atoms with E-state index in [-0.39, 0.29) is 0 Å². The largest absolute Gasteiger partial charge is 0.420 e. The van der Waals surface area contributed by atoms with Gasteiger partial charge in [0.1, 0.15) is 0 Å². The van der Waals surface area contributed by atoms with Crippen LogP contribution < -0.4 is 0 Å². The predicted molar refractivity (Wildman–Crippen MR) is 78.0 cm³/mol. The zero-order chi connectivity index (χ0) is 13.2. The molecule has 0 aliphatic heterocycles. The van der Waals surface area contributed by atoms with E-state index in [1.54, 1.807) is 0 Å². The summed E-state index contributed by atoms with van der Waals surface area (Å²) in [6.45, 7) is 2.06. The number of rotatable bonds is 2. The Labute approximate surface area is 121 Å². The third kappa shape index (κ3) is 2.59. The maximum Gasteiger partial charge on any atom is 0.248 e. The van der Waals surface area contributed by atoms with Gasteiger partial charge in [-0.2, -0.15) is 0 Å². The first kappa shape index (κ1) is 12.9. The summed E-state index contributed by atoms with van der Waals surface area (Å²) in [5.74, 6) is 1.89. The fourth-order valence-electron chi connectivity index (χ4n) is 2.67. The van der Waals surface area contributed by atoms with Crippen molar-refractivity contribution in [2.75, 3.05) is 0 Å². The molecule has 1 aliphatic rings. The highest BCUT2D eigenvalue weighted by atomic mass is 79.9. The molecule has 1 aromatic heterocycles. The number of hydrogen-bond donors (Lipinski definition) is 0. The second kappa shape index (κ2) is 5.45. The summed E-state index contributed by atoms with van der Waals surface area (Å²) in [5, 5.41) is 8.47. The van der Waals surface area contributed by atoms with Crippen molar-refractivity contribution in [3.8, 4) is 11.5 Å². The van der Waals surface area contributed by atoms with Crippen molar-refractivity contribution in [1.82, 2.24) is 10.2 Å². The molecule has 1 fully saturated rings. The van der Waals surface area contributed by atoms with Gasteiger partial charge in [-0.15, -0.1) is 10.2 Å². The molecule has 0 spiro atoms. The highest BCUT2D eigenvalue weighted by Crippen LogP contribution is 2.35. The summed E-state index contributed by atoms with van der Waals surface area (Å²) >= 11 is 3.59. The maximum atomic E-state index is 5.89. The van der Waals surface area contributed by atoms with E-state index >= 15 is 0 Å². The quantitative estimate of drug-likeness (QED) is 0.793. The van der Waals surface area contributed by atoms with Gasteiger partial charge < -0.3 is 4.42 Å². The molecule has 3 rings (SSSR count). The summed E-state index contributed by atoms with van der Waals surface area (Å²) in [6, 6.07) is 6.08. The highest BCUT2D eigenvalue weighted by Gasteiger charge is 2.22. The smallest absolute Gasteiger partial charge is 0.248 e. The van der Waals surface area contributed by atoms with Gasteiger partial charge in [-0.1, -0.05) is 31.4 Å². The summed E-state index contributed by atoms with van der Waals surface area (Å²) in [7, 11) is 0. The van der Waals surface area contributed by atoms with E-state index in [1.165, 1.54) is 37.7 Å². The molecular weight excluding hydrogens is 304 g/mol. The summed E-state index contributed by atoms with van der Waals surface area (Å²) in [6.07, 6.45) is 6.24. The number of halogens is 1. The molecule has 0 N–H and O–H groups in total. The van der Waals surface area contributed by atoms with Gasteiger partial charge in [0.15, 0.2) is 0 Å². The molecule has 4 heteroatoms. The SMILES string of the molecule is Cc1cccc(-c2nnc(C3CCCCC3)o2)c1Br. The lowest BCUT2D eigenvalue weighted by atomic mass is 9.89. The Morgan fingerprint density at radius 1 is 1.16 bits per heavy atom. The average Bonchev–Trinajstić information content (AvgIpc) is 2.92. The number of hydrogen-bond acceptors (Lipinski definition) is 3. The Morgan fingerprint density at radius 3 is 2.74 bits per heavy atom. The molecule has 0 radical (unpaired) electrons. The fraction of sp³-hybridized carbons (Fsp3) is 0.467. The van der Waals surface area contributed by atoms with Crippen molar-refractivity contribution in [2.45, 2.75) is 44.9 Å². The fourth-order valence-corrected chi connectivity index (χ4v) is 3.10. The van der Waals surface area contributed by atoms with Crippen molar-refractivity contribution in [3.05, 3.63) is 34.1 Å². The van der Waals surface area contributed by atoms with Gasteiger partial charge in [0.2, 0.25) is 11.8 Å². The van der Waals surface area contributed by atoms with Gasteiger partial charge in [0.05, 0.1) is 5.56 Å². The van der Waals surface area contributed by atoms with Crippen LogP contribution in [0.2, 0.25) is 0 Å². The zero-order valence-electron chi connectivity index (χ0n) is 11.0. The minimum Gasteiger partial charge on any atom is -0.420 e. The van der Waals surface area contributed by atoms with Crippen LogP contribution in [0, 0.1) is 6.92 Å². The maximum absolute atomic E-state index is 5.89. The number of aryl methyl sites for hydroxylation is 1. The Morgan fingerprint density at radius 2 is 1.95 bits per heavy atom. The van der Waals surface area contributed by atoms with E-state index in [4.69, 9.17) is 4.42 Å². The lowest BCUT2D eigenvalue weighted by molar-refractivity contribution is 0.367. The van der Waals surface area contributed by atoms with Crippen molar-refractivity contribution < 1.29 is 4.42 Å². The molecule has 2 aromatic rings. The van der Waals surface area contributed by atoms with Crippen LogP contribution in [0.5, 0.6) is 0 Å². The van der Waals surface area contributed by atoms with Gasteiger partial charge >= 0.3 is 0 Å². The van der Waals surface area contributed by atoms with Crippen LogP contribution >= 0.6 is 15.9 Å². The monoisotopic (exact) mass is 320 g/mol. The van der Waals surface area contributed by atoms with Gasteiger partial charge in [-0.05, 0) is 47.3 Å². The van der Waals surface area contributed by atoms with Gasteiger partial charge in [-0.3, -0.25) is 0 Å². The summed E-state index contributed by atoms with van der Waals surface area (Å²) in [5.41, 5.74) is 2.16. The molecule has 0 saturated heterocycles. The van der Waals surface area contributed by atoms with Gasteiger partial charge in [0.25, 0.3) is 0 Å². The molecule has 0 amide bonds. The third-order valence-electron chi connectivity index (χ3n) is 3.82. The lowest BCUT2D eigenvalue weighted by Crippen LogP contribution is -2.04.